The second kappa shape index (κ2) is 9.49. The molecule has 0 spiro atoms. The second-order valence-electron chi connectivity index (χ2n) is 4.23. The van der Waals surface area contributed by atoms with Crippen LogP contribution in [0.3, 0.4) is 0 Å². The Morgan fingerprint density at radius 3 is 1.78 bits per heavy atom. The third-order valence-corrected chi connectivity index (χ3v) is 2.49. The monoisotopic (exact) mass is 337 g/mol. The lowest BCUT2D eigenvalue weighted by Crippen LogP contribution is -2.06. The van der Waals surface area contributed by atoms with Crippen molar-refractivity contribution >= 4 is 19.2 Å². The zero-order valence-electron chi connectivity index (χ0n) is 13.1. The van der Waals surface area contributed by atoms with E-state index in [4.69, 9.17) is 10.2 Å². The molecule has 2 rings (SSSR count). The lowest BCUT2D eigenvalue weighted by molar-refractivity contribution is 0.0696. The summed E-state index contributed by atoms with van der Waals surface area (Å²) in [6, 6.07) is 4.17. The van der Waals surface area contributed by atoms with Gasteiger partial charge in [0.15, 0.2) is 0 Å². The van der Waals surface area contributed by atoms with E-state index < -0.39 is 19.2 Å². The minimum Gasteiger partial charge on any atom is -0.478 e. The maximum absolute atomic E-state index is 10.6. The molecule has 5 nitrogen and oxygen atoms in total. The molecule has 23 heavy (non-hydrogen) atoms. The van der Waals surface area contributed by atoms with E-state index in [0.717, 1.165) is 6.54 Å². The van der Waals surface area contributed by atoms with Crippen LogP contribution >= 0.6 is 0 Å². The van der Waals surface area contributed by atoms with E-state index in [0.29, 0.717) is 0 Å². The molecule has 0 fully saturated rings. The maximum atomic E-state index is 10.6. The van der Waals surface area contributed by atoms with Crippen LogP contribution < -0.4 is 5.32 Å². The molecular formula is C13H16BF4NO4. The zero-order chi connectivity index (χ0) is 18.0. The molecule has 0 saturated heterocycles. The molecule has 3 N–H and O–H groups in total. The summed E-state index contributed by atoms with van der Waals surface area (Å²) in [7, 11) is -6.00. The van der Waals surface area contributed by atoms with Gasteiger partial charge in [-0.1, -0.05) is 12.1 Å². The summed E-state index contributed by atoms with van der Waals surface area (Å²) < 4.78 is 39.0. The number of carboxylic acid groups (broad SMARTS) is 2. The predicted molar refractivity (Wildman–Crippen MR) is 78.2 cm³/mol. The van der Waals surface area contributed by atoms with Gasteiger partial charge in [0.25, 0.3) is 0 Å². The first-order chi connectivity index (χ1) is 10.5. The molecular weight excluding hydrogens is 321 g/mol. The van der Waals surface area contributed by atoms with Gasteiger partial charge in [0.2, 0.25) is 0 Å². The molecule has 1 aromatic rings. The SMILES string of the molecule is C1=CNCC1.Cc1c(C(=O)O)cccc1C(=O)O.F[B-](F)(F)F.[H+]. The van der Waals surface area contributed by atoms with Crippen LogP contribution in [0, 0.1) is 6.92 Å². The summed E-state index contributed by atoms with van der Waals surface area (Å²) in [6.07, 6.45) is 5.32. The van der Waals surface area contributed by atoms with Crippen LogP contribution in [-0.4, -0.2) is 36.0 Å². The van der Waals surface area contributed by atoms with E-state index in [1.54, 1.807) is 0 Å². The number of hydrogen-bond donors (Lipinski definition) is 3. The van der Waals surface area contributed by atoms with Crippen molar-refractivity contribution in [2.45, 2.75) is 13.3 Å². The highest BCUT2D eigenvalue weighted by Crippen LogP contribution is 2.13. The quantitative estimate of drug-likeness (QED) is 0.569. The summed E-state index contributed by atoms with van der Waals surface area (Å²) in [5.74, 6) is -2.22. The Kier molecular flexibility index (Phi) is 8.45. The fraction of sp³-hybridized carbons (Fsp3) is 0.231. The number of halogens is 4. The first-order valence-corrected chi connectivity index (χ1v) is 6.36. The molecule has 0 bridgehead atoms. The summed E-state index contributed by atoms with van der Waals surface area (Å²) in [6.45, 7) is 2.62. The van der Waals surface area contributed by atoms with Crippen molar-refractivity contribution in [2.75, 3.05) is 6.54 Å². The van der Waals surface area contributed by atoms with E-state index >= 15 is 0 Å². The Hall–Kier alpha value is -2.52. The van der Waals surface area contributed by atoms with Crippen LogP contribution in [-0.2, 0) is 0 Å². The highest BCUT2D eigenvalue weighted by Gasteiger charge is 2.20. The Morgan fingerprint density at radius 2 is 1.57 bits per heavy atom. The van der Waals surface area contributed by atoms with Crippen LogP contribution in [0.1, 0.15) is 34.1 Å². The van der Waals surface area contributed by atoms with E-state index in [9.17, 15) is 26.9 Å². The zero-order valence-corrected chi connectivity index (χ0v) is 12.1. The van der Waals surface area contributed by atoms with E-state index in [1.165, 1.54) is 31.5 Å². The van der Waals surface area contributed by atoms with Crippen LogP contribution in [0.15, 0.2) is 30.5 Å². The van der Waals surface area contributed by atoms with Crippen LogP contribution in [0.25, 0.3) is 0 Å². The molecule has 1 heterocycles. The molecule has 0 unspecified atom stereocenters. The van der Waals surface area contributed by atoms with Gasteiger partial charge in [-0.25, -0.2) is 9.59 Å². The van der Waals surface area contributed by atoms with Crippen molar-refractivity contribution in [3.05, 3.63) is 47.2 Å². The highest BCUT2D eigenvalue weighted by atomic mass is 19.5. The number of aromatic carboxylic acids is 2. The van der Waals surface area contributed by atoms with Crippen molar-refractivity contribution in [2.24, 2.45) is 0 Å². The topological polar surface area (TPSA) is 86.6 Å². The number of rotatable bonds is 2. The summed E-state index contributed by atoms with van der Waals surface area (Å²) in [5, 5.41) is 20.4. The Balaban J connectivity index is 0. The highest BCUT2D eigenvalue weighted by molar-refractivity contribution is 6.50. The fourth-order valence-electron chi connectivity index (χ4n) is 1.52. The molecule has 0 aromatic heterocycles. The summed E-state index contributed by atoms with van der Waals surface area (Å²) in [5.41, 5.74) is 0.335. The molecule has 0 amide bonds. The first-order valence-electron chi connectivity index (χ1n) is 6.36. The third-order valence-electron chi connectivity index (χ3n) is 2.49. The molecule has 1 aromatic carbocycles. The number of carbonyl (C=O) groups is 2. The van der Waals surface area contributed by atoms with Crippen molar-refractivity contribution in [1.82, 2.24) is 5.32 Å². The minimum atomic E-state index is -6.00. The van der Waals surface area contributed by atoms with Crippen LogP contribution in [0.5, 0.6) is 0 Å². The molecule has 10 heteroatoms. The molecule has 1 aliphatic rings. The van der Waals surface area contributed by atoms with Gasteiger partial charge in [0.05, 0.1) is 11.1 Å². The van der Waals surface area contributed by atoms with Crippen LogP contribution in [0.4, 0.5) is 17.3 Å². The largest absolute Gasteiger partial charge is 1.00 e. The van der Waals surface area contributed by atoms with E-state index in [2.05, 4.69) is 11.4 Å². The molecule has 0 atom stereocenters. The summed E-state index contributed by atoms with van der Waals surface area (Å²) in [4.78, 5) is 21.2. The minimum absolute atomic E-state index is 0. The molecule has 1 aliphatic heterocycles. The van der Waals surface area contributed by atoms with Crippen molar-refractivity contribution in [1.29, 1.82) is 0 Å². The van der Waals surface area contributed by atoms with Gasteiger partial charge in [0, 0.05) is 6.54 Å². The van der Waals surface area contributed by atoms with Gasteiger partial charge in [-0.05, 0) is 37.2 Å². The van der Waals surface area contributed by atoms with Crippen molar-refractivity contribution in [3.8, 4) is 0 Å². The van der Waals surface area contributed by atoms with Gasteiger partial charge in [-0.3, -0.25) is 0 Å². The Morgan fingerprint density at radius 1 is 1.13 bits per heavy atom. The third kappa shape index (κ3) is 9.94. The van der Waals surface area contributed by atoms with Crippen molar-refractivity contribution < 1.29 is 38.5 Å². The maximum Gasteiger partial charge on any atom is 1.00 e. The molecule has 0 radical (unpaired) electrons. The number of nitrogens with one attached hydrogen (secondary N) is 1. The van der Waals surface area contributed by atoms with Gasteiger partial charge >= 0.3 is 20.6 Å². The number of benzene rings is 1. The second-order valence-corrected chi connectivity index (χ2v) is 4.23. The Bertz CT molecular complexity index is 537. The van der Waals surface area contributed by atoms with E-state index in [1.807, 2.05) is 6.20 Å². The van der Waals surface area contributed by atoms with E-state index in [-0.39, 0.29) is 18.1 Å². The van der Waals surface area contributed by atoms with Crippen molar-refractivity contribution in [3.63, 3.8) is 0 Å². The average molecular weight is 337 g/mol. The fourth-order valence-corrected chi connectivity index (χ4v) is 1.52. The van der Waals surface area contributed by atoms with Crippen LogP contribution in [0.2, 0.25) is 0 Å². The summed E-state index contributed by atoms with van der Waals surface area (Å²) >= 11 is 0. The molecule has 128 valence electrons. The van der Waals surface area contributed by atoms with Gasteiger partial charge in [-0.15, -0.1) is 0 Å². The number of hydrogen-bond acceptors (Lipinski definition) is 3. The number of carboxylic acids is 2. The van der Waals surface area contributed by atoms with Gasteiger partial charge < -0.3 is 32.8 Å². The van der Waals surface area contributed by atoms with Gasteiger partial charge in [-0.2, -0.15) is 0 Å². The Labute approximate surface area is 131 Å². The smallest absolute Gasteiger partial charge is 0.478 e. The molecule has 0 aliphatic carbocycles. The molecule has 0 saturated carbocycles. The normalized spacial score (nSPS) is 12.2. The predicted octanol–water partition coefficient (Wildman–Crippen LogP) is 3.30. The lowest BCUT2D eigenvalue weighted by Gasteiger charge is -2.03. The average Bonchev–Trinajstić information content (AvgIpc) is 2.95. The first kappa shape index (κ1) is 20.5. The van der Waals surface area contributed by atoms with Gasteiger partial charge in [0.1, 0.15) is 0 Å². The standard InChI is InChI=1S/C9H8O4.C4H7N.BF4/c1-5-6(8(10)11)3-2-4-7(5)9(12)13;1-2-4-5-3-1;2-1(3,4)5/h2-4H,1H3,(H,10,11)(H,12,13);1,3,5H,2,4H2;/q;;-1/p+1. The lowest BCUT2D eigenvalue weighted by atomic mass is 10.0.